The number of rotatable bonds is 9. The van der Waals surface area contributed by atoms with Gasteiger partial charge in [-0.3, -0.25) is 14.4 Å². The van der Waals surface area contributed by atoms with Gasteiger partial charge in [-0.1, -0.05) is 70.2 Å². The van der Waals surface area contributed by atoms with Gasteiger partial charge in [0.05, 0.1) is 6.04 Å². The topological polar surface area (TPSA) is 128 Å². The van der Waals surface area contributed by atoms with E-state index in [9.17, 15) is 14.0 Å². The molecule has 3 heterocycles. The summed E-state index contributed by atoms with van der Waals surface area (Å²) in [6, 6.07) is 10.8. The second kappa shape index (κ2) is 14.9. The summed E-state index contributed by atoms with van der Waals surface area (Å²) in [5, 5.41) is 10.5. The molecule has 0 aliphatic heterocycles. The Balaban J connectivity index is 0.00000148. The predicted molar refractivity (Wildman–Crippen MR) is 176 cm³/mol. The van der Waals surface area contributed by atoms with Crippen LogP contribution in [0.2, 0.25) is 0 Å². The van der Waals surface area contributed by atoms with E-state index in [-0.39, 0.29) is 23.8 Å². The number of aromatic nitrogens is 3. The van der Waals surface area contributed by atoms with Crippen molar-refractivity contribution in [3.8, 4) is 11.1 Å². The zero-order chi connectivity index (χ0) is 32.7. The summed E-state index contributed by atoms with van der Waals surface area (Å²) in [4.78, 5) is 48.6. The highest BCUT2D eigenvalue weighted by Crippen LogP contribution is 2.38. The van der Waals surface area contributed by atoms with E-state index in [2.05, 4.69) is 55.9 Å². The Morgan fingerprint density at radius 3 is 2.49 bits per heavy atom. The monoisotopic (exact) mass is 635 g/mol. The number of halogens is 1. The fourth-order valence-electron chi connectivity index (χ4n) is 5.77. The maximum atomic E-state index is 13.8. The summed E-state index contributed by atoms with van der Waals surface area (Å²) in [5.74, 6) is -0.423. The number of pyridine rings is 2. The average molecular weight is 636 g/mol. The maximum absolute atomic E-state index is 13.8. The van der Waals surface area contributed by atoms with E-state index in [0.717, 1.165) is 72.5 Å². The molecule has 240 valence electrons. The number of benzene rings is 1. The van der Waals surface area contributed by atoms with Crippen molar-refractivity contribution in [3.05, 3.63) is 80.6 Å². The molecule has 3 N–H and O–H groups in total. The van der Waals surface area contributed by atoms with Crippen LogP contribution in [0.5, 0.6) is 0 Å². The second-order valence-electron chi connectivity index (χ2n) is 12.4. The number of nitrogens with zero attached hydrogens (tertiary/aromatic N) is 3. The Bertz CT molecular complexity index is 1670. The van der Waals surface area contributed by atoms with Crippen LogP contribution >= 0.6 is 11.3 Å². The molecule has 0 saturated carbocycles. The highest BCUT2D eigenvalue weighted by Gasteiger charge is 2.30. The molecule has 0 saturated heterocycles. The van der Waals surface area contributed by atoms with Gasteiger partial charge < -0.3 is 20.3 Å². The Morgan fingerprint density at radius 1 is 1.18 bits per heavy atom. The summed E-state index contributed by atoms with van der Waals surface area (Å²) in [7, 11) is 0. The first kappa shape index (κ1) is 33.9. The van der Waals surface area contributed by atoms with Gasteiger partial charge in [0.1, 0.15) is 10.3 Å². The van der Waals surface area contributed by atoms with Crippen LogP contribution in [-0.2, 0) is 17.6 Å². The Hall–Kier alpha value is -3.96. The molecule has 0 fully saturated rings. The fourth-order valence-corrected chi connectivity index (χ4v) is 6.62. The van der Waals surface area contributed by atoms with E-state index in [4.69, 9.17) is 19.9 Å². The molecule has 0 unspecified atom stereocenters. The van der Waals surface area contributed by atoms with Gasteiger partial charge in [0.2, 0.25) is 0 Å². The quantitative estimate of drug-likeness (QED) is 0.186. The summed E-state index contributed by atoms with van der Waals surface area (Å²) >= 11 is 1.35. The van der Waals surface area contributed by atoms with Crippen LogP contribution in [0.3, 0.4) is 0 Å². The highest BCUT2D eigenvalue weighted by atomic mass is 32.1. The van der Waals surface area contributed by atoms with E-state index < -0.39 is 11.4 Å². The molecule has 0 radical (unpaired) electrons. The van der Waals surface area contributed by atoms with E-state index in [1.54, 1.807) is 0 Å². The van der Waals surface area contributed by atoms with Crippen molar-refractivity contribution < 1.29 is 19.1 Å². The minimum Gasteiger partial charge on any atom is -0.483 e. The first-order chi connectivity index (χ1) is 21.5. The molecular formula is C34H42FN5O4S. The van der Waals surface area contributed by atoms with Gasteiger partial charge in [0, 0.05) is 24.0 Å². The van der Waals surface area contributed by atoms with Gasteiger partial charge in [-0.2, -0.15) is 0 Å². The van der Waals surface area contributed by atoms with Crippen molar-refractivity contribution in [1.29, 1.82) is 0 Å². The van der Waals surface area contributed by atoms with Crippen molar-refractivity contribution in [3.63, 3.8) is 0 Å². The van der Waals surface area contributed by atoms with E-state index in [1.807, 2.05) is 24.3 Å². The summed E-state index contributed by atoms with van der Waals surface area (Å²) in [6.45, 7) is 13.6. The third-order valence-electron chi connectivity index (χ3n) is 8.61. The number of H-pyrrole nitrogens is 1. The van der Waals surface area contributed by atoms with Crippen LogP contribution in [0.1, 0.15) is 80.1 Å². The molecule has 1 aliphatic rings. The molecule has 11 heteroatoms. The lowest BCUT2D eigenvalue weighted by atomic mass is 9.71. The van der Waals surface area contributed by atoms with E-state index >= 15 is 0 Å². The van der Waals surface area contributed by atoms with Crippen LogP contribution < -0.4 is 10.9 Å². The molecular weight excluding hydrogens is 593 g/mol. The number of carboxylic acid groups (broad SMARTS) is 1. The van der Waals surface area contributed by atoms with Crippen molar-refractivity contribution >= 4 is 34.1 Å². The van der Waals surface area contributed by atoms with Gasteiger partial charge in [-0.05, 0) is 78.9 Å². The van der Waals surface area contributed by atoms with Crippen molar-refractivity contribution in [2.75, 3.05) is 19.6 Å². The van der Waals surface area contributed by atoms with Crippen molar-refractivity contribution in [1.82, 2.24) is 25.2 Å². The third kappa shape index (κ3) is 8.40. The van der Waals surface area contributed by atoms with Crippen LogP contribution in [0.25, 0.3) is 21.5 Å². The van der Waals surface area contributed by atoms with Gasteiger partial charge in [0.25, 0.3) is 17.9 Å². The largest absolute Gasteiger partial charge is 0.483 e. The number of hydrogen-bond acceptors (Lipinski definition) is 7. The number of aromatic amines is 1. The Kier molecular flexibility index (Phi) is 11.2. The molecule has 45 heavy (non-hydrogen) atoms. The highest BCUT2D eigenvalue weighted by molar-refractivity contribution is 7.19. The number of nitrogens with one attached hydrogen (secondary N) is 2. The van der Waals surface area contributed by atoms with Crippen molar-refractivity contribution in [2.24, 2.45) is 11.3 Å². The average Bonchev–Trinajstić information content (AvgIpc) is 3.44. The van der Waals surface area contributed by atoms with Crippen molar-refractivity contribution in [2.45, 2.75) is 66.3 Å². The first-order valence-electron chi connectivity index (χ1n) is 15.4. The number of amides is 1. The molecule has 1 aliphatic carbocycles. The van der Waals surface area contributed by atoms with Crippen LogP contribution in [0.4, 0.5) is 4.39 Å². The number of thiazole rings is 1. The normalized spacial score (nSPS) is 15.2. The molecule has 9 nitrogen and oxygen atoms in total. The van der Waals surface area contributed by atoms with Crippen LogP contribution in [0.15, 0.2) is 47.4 Å². The zero-order valence-corrected chi connectivity index (χ0v) is 27.3. The summed E-state index contributed by atoms with van der Waals surface area (Å²) in [5.41, 5.74) is 4.99. The molecule has 0 bridgehead atoms. The molecule has 4 aromatic rings. The van der Waals surface area contributed by atoms with Gasteiger partial charge in [-0.15, -0.1) is 0 Å². The Morgan fingerprint density at radius 2 is 1.87 bits per heavy atom. The lowest BCUT2D eigenvalue weighted by molar-refractivity contribution is -0.122. The number of carbonyl (C=O) groups is 2. The second-order valence-corrected chi connectivity index (χ2v) is 13.4. The molecule has 5 rings (SSSR count). The first-order valence-corrected chi connectivity index (χ1v) is 16.2. The Labute approximate surface area is 266 Å². The SMILES string of the molecule is CCN(CC)CC[C@@H](NC(=O)c1nc2cc3c(nc2s1)CC[C@H](C(C)(C)C)C3)c1ccc(-c2c[nH]c(=O)c(F)c2)cc1.O=CO. The molecule has 2 atom stereocenters. The minimum absolute atomic E-state index is 0.208. The minimum atomic E-state index is -0.818. The molecule has 3 aromatic heterocycles. The van der Waals surface area contributed by atoms with Crippen LogP contribution in [0, 0.1) is 17.2 Å². The van der Waals surface area contributed by atoms with Gasteiger partial charge in [-0.25, -0.2) is 14.4 Å². The summed E-state index contributed by atoms with van der Waals surface area (Å²) in [6.07, 6.45) is 5.32. The predicted octanol–water partition coefficient (Wildman–Crippen LogP) is 6.24. The summed E-state index contributed by atoms with van der Waals surface area (Å²) < 4.78 is 13.8. The number of aryl methyl sites for hydroxylation is 1. The van der Waals surface area contributed by atoms with Crippen LogP contribution in [-0.4, -0.2) is 57.0 Å². The lowest BCUT2D eigenvalue weighted by Crippen LogP contribution is -2.32. The van der Waals surface area contributed by atoms with Gasteiger partial charge >= 0.3 is 0 Å². The molecule has 0 spiro atoms. The molecule has 1 aromatic carbocycles. The number of carbonyl (C=O) groups excluding carboxylic acids is 1. The standard InChI is InChI=1S/C33H40FN5O2S.CH2O2/c1-6-39(7-2)15-14-27(21-10-8-20(9-11-21)23-17-25(34)29(40)35-19-23)36-30(41)32-38-28-18-22-16-24(33(3,4)5)12-13-26(22)37-31(28)42-32;2-1-3/h8-11,17-19,24,27H,6-7,12-16H2,1-5H3,(H,35,40)(H,36,41);1H,(H,2,3)/t24-,27+;/m0./s1. The number of hydrogen-bond donors (Lipinski definition) is 3. The fraction of sp³-hybridized carbons (Fsp3) is 0.441. The molecule has 1 amide bonds. The number of fused-ring (bicyclic) bond motifs is 2. The zero-order valence-electron chi connectivity index (χ0n) is 26.5. The van der Waals surface area contributed by atoms with E-state index in [1.165, 1.54) is 29.2 Å². The third-order valence-corrected chi connectivity index (χ3v) is 9.57. The van der Waals surface area contributed by atoms with E-state index in [0.29, 0.717) is 16.5 Å². The lowest BCUT2D eigenvalue weighted by Gasteiger charge is -2.34. The smallest absolute Gasteiger partial charge is 0.290 e. The van der Waals surface area contributed by atoms with Gasteiger partial charge in [0.15, 0.2) is 10.8 Å². The maximum Gasteiger partial charge on any atom is 0.290 e.